The zero-order chi connectivity index (χ0) is 19.9. The summed E-state index contributed by atoms with van der Waals surface area (Å²) in [6, 6.07) is 10.9. The van der Waals surface area contributed by atoms with E-state index in [0.29, 0.717) is 23.1 Å². The molecule has 0 heterocycles. The first-order valence-electron chi connectivity index (χ1n) is 8.21. The Kier molecular flexibility index (Phi) is 7.46. The van der Waals surface area contributed by atoms with Gasteiger partial charge in [0.25, 0.3) is 5.91 Å². The maximum Gasteiger partial charge on any atom is 0.255 e. The molecule has 0 saturated heterocycles. The first-order chi connectivity index (χ1) is 12.9. The number of nitrogens with one attached hydrogen (secondary N) is 2. The molecule has 7 nitrogen and oxygen atoms in total. The predicted molar refractivity (Wildman–Crippen MR) is 103 cm³/mol. The van der Waals surface area contributed by atoms with Crippen molar-refractivity contribution in [1.29, 1.82) is 0 Å². The van der Waals surface area contributed by atoms with E-state index in [1.807, 2.05) is 0 Å². The summed E-state index contributed by atoms with van der Waals surface area (Å²) in [5.74, 6) is 0.477. The Morgan fingerprint density at radius 2 is 1.85 bits per heavy atom. The number of carbonyl (C=O) groups excluding carboxylic acids is 1. The molecule has 9 heteroatoms. The van der Waals surface area contributed by atoms with Crippen LogP contribution in [-0.2, 0) is 10.0 Å². The largest absolute Gasteiger partial charge is 0.496 e. The topological polar surface area (TPSA) is 93.7 Å². The van der Waals surface area contributed by atoms with Crippen molar-refractivity contribution in [2.24, 2.45) is 0 Å². The molecule has 1 amide bonds. The molecule has 0 radical (unpaired) electrons. The molecule has 0 aromatic heterocycles. The van der Waals surface area contributed by atoms with Gasteiger partial charge in [-0.3, -0.25) is 4.79 Å². The number of hydrogen-bond donors (Lipinski definition) is 2. The number of sulfonamides is 1. The normalized spacial score (nSPS) is 11.1. The molecule has 0 aliphatic carbocycles. The maximum absolute atomic E-state index is 12.5. The van der Waals surface area contributed by atoms with E-state index >= 15 is 0 Å². The highest BCUT2D eigenvalue weighted by atomic mass is 35.5. The Bertz CT molecular complexity index is 885. The zero-order valence-electron chi connectivity index (χ0n) is 15.0. The number of ether oxygens (including phenoxy) is 2. The lowest BCUT2D eigenvalue weighted by Gasteiger charge is -2.12. The Balaban J connectivity index is 2.03. The molecule has 27 heavy (non-hydrogen) atoms. The number of methoxy groups -OCH3 is 1. The molecule has 0 spiro atoms. The van der Waals surface area contributed by atoms with Crippen molar-refractivity contribution in [3.05, 3.63) is 53.1 Å². The lowest BCUT2D eigenvalue weighted by atomic mass is 10.2. The summed E-state index contributed by atoms with van der Waals surface area (Å²) < 4.78 is 38.0. The molecule has 0 aliphatic rings. The van der Waals surface area contributed by atoms with E-state index in [2.05, 4.69) is 10.0 Å². The molecule has 0 aliphatic heterocycles. The summed E-state index contributed by atoms with van der Waals surface area (Å²) in [7, 11) is -2.39. The smallest absolute Gasteiger partial charge is 0.255 e. The third kappa shape index (κ3) is 5.85. The minimum Gasteiger partial charge on any atom is -0.496 e. The van der Waals surface area contributed by atoms with Gasteiger partial charge < -0.3 is 14.8 Å². The van der Waals surface area contributed by atoms with Crippen LogP contribution in [0.2, 0.25) is 5.02 Å². The van der Waals surface area contributed by atoms with Gasteiger partial charge in [-0.15, -0.1) is 0 Å². The minimum absolute atomic E-state index is 0.0314. The van der Waals surface area contributed by atoms with Gasteiger partial charge in [0, 0.05) is 18.1 Å². The van der Waals surface area contributed by atoms with E-state index in [9.17, 15) is 13.2 Å². The van der Waals surface area contributed by atoms with Crippen molar-refractivity contribution in [2.75, 3.05) is 26.8 Å². The fraction of sp³-hybridized carbons (Fsp3) is 0.278. The fourth-order valence-corrected chi connectivity index (χ4v) is 3.41. The summed E-state index contributed by atoms with van der Waals surface area (Å²) in [5, 5.41) is 3.21. The standard InChI is InChI=1S/C18H21ClN2O5S/c1-3-20-18(22)16-12-15(8-9-17(16)25-2)27(23,24)21-10-11-26-14-6-4-13(19)5-7-14/h4-9,12,21H,3,10-11H2,1-2H3,(H,20,22). The van der Waals surface area contributed by atoms with Gasteiger partial charge in [-0.2, -0.15) is 0 Å². The van der Waals surface area contributed by atoms with Crippen LogP contribution in [0.15, 0.2) is 47.4 Å². The molecule has 146 valence electrons. The summed E-state index contributed by atoms with van der Waals surface area (Å²) in [6.07, 6.45) is 0. The molecule has 0 unspecified atom stereocenters. The third-order valence-electron chi connectivity index (χ3n) is 3.54. The summed E-state index contributed by atoms with van der Waals surface area (Å²) in [6.45, 7) is 2.39. The molecule has 2 aromatic rings. The van der Waals surface area contributed by atoms with Gasteiger partial charge in [0.2, 0.25) is 10.0 Å². The molecule has 0 saturated carbocycles. The Labute approximate surface area is 163 Å². The average molecular weight is 413 g/mol. The number of benzene rings is 2. The Morgan fingerprint density at radius 1 is 1.15 bits per heavy atom. The van der Waals surface area contributed by atoms with Crippen LogP contribution in [0.25, 0.3) is 0 Å². The van der Waals surface area contributed by atoms with E-state index < -0.39 is 15.9 Å². The SMILES string of the molecule is CCNC(=O)c1cc(S(=O)(=O)NCCOc2ccc(Cl)cc2)ccc1OC. The second-order valence-corrected chi connectivity index (χ2v) is 7.63. The number of amides is 1. The van der Waals surface area contributed by atoms with Gasteiger partial charge in [-0.1, -0.05) is 11.6 Å². The molecule has 0 bridgehead atoms. The van der Waals surface area contributed by atoms with Crippen molar-refractivity contribution in [1.82, 2.24) is 10.0 Å². The molecule has 0 atom stereocenters. The van der Waals surface area contributed by atoms with Crippen LogP contribution >= 0.6 is 11.6 Å². The number of rotatable bonds is 9. The van der Waals surface area contributed by atoms with Crippen molar-refractivity contribution in [3.8, 4) is 11.5 Å². The van der Waals surface area contributed by atoms with E-state index in [4.69, 9.17) is 21.1 Å². The highest BCUT2D eigenvalue weighted by Gasteiger charge is 2.19. The molecular weight excluding hydrogens is 392 g/mol. The molecule has 2 rings (SSSR count). The molecule has 0 fully saturated rings. The summed E-state index contributed by atoms with van der Waals surface area (Å²) in [5.41, 5.74) is 0.152. The zero-order valence-corrected chi connectivity index (χ0v) is 16.6. The number of hydrogen-bond acceptors (Lipinski definition) is 5. The summed E-state index contributed by atoms with van der Waals surface area (Å²) >= 11 is 5.79. The van der Waals surface area contributed by atoms with Gasteiger partial charge in [0.05, 0.1) is 17.6 Å². The van der Waals surface area contributed by atoms with Crippen LogP contribution in [0.1, 0.15) is 17.3 Å². The quantitative estimate of drug-likeness (QED) is 0.617. The van der Waals surface area contributed by atoms with Gasteiger partial charge in [-0.05, 0) is 49.4 Å². The first kappa shape index (κ1) is 21.0. The maximum atomic E-state index is 12.5. The van der Waals surface area contributed by atoms with Crippen molar-refractivity contribution < 1.29 is 22.7 Å². The predicted octanol–water partition coefficient (Wildman–Crippen LogP) is 2.46. The lowest BCUT2D eigenvalue weighted by Crippen LogP contribution is -2.29. The van der Waals surface area contributed by atoms with Crippen LogP contribution in [0.3, 0.4) is 0 Å². The van der Waals surface area contributed by atoms with E-state index in [-0.39, 0.29) is 23.6 Å². The summed E-state index contributed by atoms with van der Waals surface area (Å²) in [4.78, 5) is 12.1. The van der Waals surface area contributed by atoms with Gasteiger partial charge >= 0.3 is 0 Å². The van der Waals surface area contributed by atoms with Crippen LogP contribution in [0.5, 0.6) is 11.5 Å². The lowest BCUT2D eigenvalue weighted by molar-refractivity contribution is 0.0952. The van der Waals surface area contributed by atoms with Crippen LogP contribution < -0.4 is 19.5 Å². The van der Waals surface area contributed by atoms with Crippen molar-refractivity contribution in [2.45, 2.75) is 11.8 Å². The molecule has 2 N–H and O–H groups in total. The third-order valence-corrected chi connectivity index (χ3v) is 5.25. The second kappa shape index (κ2) is 9.59. The Hall–Kier alpha value is -2.29. The second-order valence-electron chi connectivity index (χ2n) is 5.42. The molecular formula is C18H21ClN2O5S. The van der Waals surface area contributed by atoms with Crippen molar-refractivity contribution >= 4 is 27.5 Å². The highest BCUT2D eigenvalue weighted by Crippen LogP contribution is 2.22. The van der Waals surface area contributed by atoms with E-state index in [0.717, 1.165) is 0 Å². The first-order valence-corrected chi connectivity index (χ1v) is 10.1. The minimum atomic E-state index is -3.80. The van der Waals surface area contributed by atoms with Gasteiger partial charge in [0.1, 0.15) is 18.1 Å². The number of carbonyl (C=O) groups is 1. The average Bonchev–Trinajstić information content (AvgIpc) is 2.66. The molecule has 2 aromatic carbocycles. The van der Waals surface area contributed by atoms with Gasteiger partial charge in [-0.25, -0.2) is 13.1 Å². The van der Waals surface area contributed by atoms with Crippen LogP contribution in [0.4, 0.5) is 0 Å². The monoisotopic (exact) mass is 412 g/mol. The number of halogens is 1. The highest BCUT2D eigenvalue weighted by molar-refractivity contribution is 7.89. The van der Waals surface area contributed by atoms with Gasteiger partial charge in [0.15, 0.2) is 0 Å². The fourth-order valence-electron chi connectivity index (χ4n) is 2.25. The van der Waals surface area contributed by atoms with Crippen LogP contribution in [-0.4, -0.2) is 41.1 Å². The Morgan fingerprint density at radius 3 is 2.48 bits per heavy atom. The van der Waals surface area contributed by atoms with Crippen molar-refractivity contribution in [3.63, 3.8) is 0 Å². The van der Waals surface area contributed by atoms with E-state index in [1.54, 1.807) is 31.2 Å². The van der Waals surface area contributed by atoms with E-state index in [1.165, 1.54) is 25.3 Å². The van der Waals surface area contributed by atoms with Crippen LogP contribution in [0, 0.1) is 0 Å².